The first-order valence-electron chi connectivity index (χ1n) is 2.45. The summed E-state index contributed by atoms with van der Waals surface area (Å²) in [5.74, 6) is 0. The van der Waals surface area contributed by atoms with Gasteiger partial charge in [-0.25, -0.2) is 0 Å². The summed E-state index contributed by atoms with van der Waals surface area (Å²) in [6.07, 6.45) is 3.28. The molecule has 0 aromatic rings. The first-order valence-corrected chi connectivity index (χ1v) is 4.02. The van der Waals surface area contributed by atoms with Crippen molar-refractivity contribution in [3.8, 4) is 0 Å². The third kappa shape index (κ3) is 1.45. The zero-order valence-corrected chi connectivity index (χ0v) is 7.87. The van der Waals surface area contributed by atoms with E-state index >= 15 is 0 Å². The molecule has 0 spiro atoms. The molecule has 4 heteroatoms. The van der Waals surface area contributed by atoms with Gasteiger partial charge in [-0.3, -0.25) is 0 Å². The van der Waals surface area contributed by atoms with Gasteiger partial charge in [0.2, 0.25) is 0 Å². The molecule has 0 aliphatic heterocycles. The second-order valence-electron chi connectivity index (χ2n) is 1.69. The van der Waals surface area contributed by atoms with E-state index < -0.39 is 0 Å². The number of rotatable bonds is 0. The molecule has 0 fully saturated rings. The Labute approximate surface area is 79.5 Å². The minimum Gasteiger partial charge on any atom is -0.0827 e. The molecule has 1 aliphatic rings. The van der Waals surface area contributed by atoms with Gasteiger partial charge in [0, 0.05) is 0 Å². The number of hydrogen-bond acceptors (Lipinski definition) is 2. The Balaban J connectivity index is 3.09. The van der Waals surface area contributed by atoms with Crippen LogP contribution < -0.4 is 0 Å². The minimum atomic E-state index is 0.462. The van der Waals surface area contributed by atoms with Crippen LogP contribution in [0.2, 0.25) is 0 Å². The van der Waals surface area contributed by atoms with Crippen LogP contribution in [0, 0.1) is 0 Å². The first-order chi connectivity index (χ1) is 4.63. The van der Waals surface area contributed by atoms with E-state index in [0.29, 0.717) is 19.8 Å². The van der Waals surface area contributed by atoms with Crippen LogP contribution in [0.25, 0.3) is 0 Å². The predicted molar refractivity (Wildman–Crippen MR) is 53.1 cm³/mol. The summed E-state index contributed by atoms with van der Waals surface area (Å²) < 4.78 is 0. The monoisotopic (exact) mass is 208 g/mol. The average molecular weight is 209 g/mol. The molecule has 0 radical (unpaired) electrons. The van der Waals surface area contributed by atoms with E-state index in [1.165, 1.54) is 0 Å². The predicted octanol–water partition coefficient (Wildman–Crippen LogP) is 2.99. The summed E-state index contributed by atoms with van der Waals surface area (Å²) in [6.45, 7) is 0. The van der Waals surface area contributed by atoms with Gasteiger partial charge in [0.25, 0.3) is 0 Å². The first kappa shape index (κ1) is 8.34. The summed E-state index contributed by atoms with van der Waals surface area (Å²) >= 11 is 21.0. The molecule has 1 rings (SSSR count). The molecule has 0 unspecified atom stereocenters. The topological polar surface area (TPSA) is 0 Å². The lowest BCUT2D eigenvalue weighted by atomic mass is 10.2. The maximum Gasteiger partial charge on any atom is 0.0759 e. The van der Waals surface area contributed by atoms with Gasteiger partial charge in [0.1, 0.15) is 0 Å². The van der Waals surface area contributed by atoms with Gasteiger partial charge >= 0.3 is 0 Å². The fourth-order valence-electron chi connectivity index (χ4n) is 0.515. The lowest BCUT2D eigenvalue weighted by Gasteiger charge is -2.06. The molecule has 0 N–H and O–H groups in total. The fraction of sp³-hybridized carbons (Fsp3) is 0. The molecule has 0 aromatic carbocycles. The van der Waals surface area contributed by atoms with Gasteiger partial charge in [-0.1, -0.05) is 47.6 Å². The molecule has 10 heavy (non-hydrogen) atoms. The van der Waals surface area contributed by atoms with Crippen molar-refractivity contribution in [2.45, 2.75) is 0 Å². The van der Waals surface area contributed by atoms with E-state index in [-0.39, 0.29) is 0 Å². The second-order valence-corrected chi connectivity index (χ2v) is 3.32. The van der Waals surface area contributed by atoms with Crippen LogP contribution >= 0.6 is 47.6 Å². The van der Waals surface area contributed by atoms with E-state index in [0.717, 1.165) is 0 Å². The van der Waals surface area contributed by atoms with Crippen LogP contribution in [0.15, 0.2) is 22.2 Å². The maximum absolute atomic E-state index is 5.66. The molecular formula is C6H2Cl2S2. The van der Waals surface area contributed by atoms with Crippen LogP contribution in [-0.2, 0) is 0 Å². The number of halogens is 2. The van der Waals surface area contributed by atoms with E-state index in [1.54, 1.807) is 12.2 Å². The smallest absolute Gasteiger partial charge is 0.0759 e. The molecule has 0 nitrogen and oxygen atoms in total. The Morgan fingerprint density at radius 1 is 0.900 bits per heavy atom. The summed E-state index contributed by atoms with van der Waals surface area (Å²) in [5.41, 5.74) is 0. The minimum absolute atomic E-state index is 0.462. The highest BCUT2D eigenvalue weighted by molar-refractivity contribution is 7.90. The summed E-state index contributed by atoms with van der Waals surface area (Å²) in [4.78, 5) is 0.924. The quantitative estimate of drug-likeness (QED) is 0.562. The van der Waals surface area contributed by atoms with E-state index in [2.05, 4.69) is 0 Å². The largest absolute Gasteiger partial charge is 0.0827 e. The van der Waals surface area contributed by atoms with Crippen LogP contribution in [0.1, 0.15) is 0 Å². The van der Waals surface area contributed by atoms with Gasteiger partial charge in [-0.15, -0.1) is 0 Å². The van der Waals surface area contributed by atoms with Gasteiger partial charge in [-0.05, 0) is 12.2 Å². The zero-order valence-electron chi connectivity index (χ0n) is 4.73. The summed E-state index contributed by atoms with van der Waals surface area (Å²) in [7, 11) is 0. The molecule has 0 atom stereocenters. The third-order valence-corrected chi connectivity index (χ3v) is 2.85. The van der Waals surface area contributed by atoms with Crippen molar-refractivity contribution in [1.82, 2.24) is 0 Å². The highest BCUT2D eigenvalue weighted by Gasteiger charge is 2.14. The SMILES string of the molecule is S=C1C(=S)C(Cl)=CC=C1Cl. The molecule has 1 aliphatic carbocycles. The fourth-order valence-corrected chi connectivity index (χ4v) is 1.30. The van der Waals surface area contributed by atoms with Gasteiger partial charge < -0.3 is 0 Å². The van der Waals surface area contributed by atoms with Crippen molar-refractivity contribution in [2.75, 3.05) is 0 Å². The van der Waals surface area contributed by atoms with Crippen LogP contribution in [0.3, 0.4) is 0 Å². The van der Waals surface area contributed by atoms with Crippen molar-refractivity contribution < 1.29 is 0 Å². The van der Waals surface area contributed by atoms with Crippen molar-refractivity contribution in [3.63, 3.8) is 0 Å². The average Bonchev–Trinajstić information content (AvgIpc) is 1.93. The third-order valence-electron chi connectivity index (χ3n) is 1.02. The van der Waals surface area contributed by atoms with Crippen LogP contribution in [-0.4, -0.2) is 9.73 Å². The molecule has 52 valence electrons. The molecule has 0 aromatic heterocycles. The van der Waals surface area contributed by atoms with Crippen LogP contribution in [0.4, 0.5) is 0 Å². The van der Waals surface area contributed by atoms with E-state index in [4.69, 9.17) is 47.6 Å². The normalized spacial score (nSPS) is 18.6. The Morgan fingerprint density at radius 3 is 1.50 bits per heavy atom. The number of allylic oxidation sites excluding steroid dienone is 4. The maximum atomic E-state index is 5.66. The lowest BCUT2D eigenvalue weighted by molar-refractivity contribution is 1.92. The number of hydrogen-bond donors (Lipinski definition) is 0. The van der Waals surface area contributed by atoms with Crippen molar-refractivity contribution in [3.05, 3.63) is 22.2 Å². The molecule has 0 saturated carbocycles. The molecule has 0 bridgehead atoms. The zero-order chi connectivity index (χ0) is 7.72. The van der Waals surface area contributed by atoms with Crippen molar-refractivity contribution >= 4 is 57.4 Å². The highest BCUT2D eigenvalue weighted by Crippen LogP contribution is 2.19. The molecule has 0 saturated heterocycles. The Morgan fingerprint density at radius 2 is 1.20 bits per heavy atom. The van der Waals surface area contributed by atoms with E-state index in [1.807, 2.05) is 0 Å². The Kier molecular flexibility index (Phi) is 2.58. The highest BCUT2D eigenvalue weighted by atomic mass is 35.5. The van der Waals surface area contributed by atoms with Crippen molar-refractivity contribution in [2.24, 2.45) is 0 Å². The van der Waals surface area contributed by atoms with E-state index in [9.17, 15) is 0 Å². The standard InChI is InChI=1S/C6H2Cl2S2/c7-3-1-2-4(8)6(10)5(3)9/h1-2H. The van der Waals surface area contributed by atoms with Gasteiger partial charge in [-0.2, -0.15) is 0 Å². The van der Waals surface area contributed by atoms with Gasteiger partial charge in [0.05, 0.1) is 19.8 Å². The second kappa shape index (κ2) is 3.09. The Hall–Kier alpha value is 0.240. The molecule has 0 amide bonds. The number of thiocarbonyl (C=S) groups is 2. The van der Waals surface area contributed by atoms with Gasteiger partial charge in [0.15, 0.2) is 0 Å². The van der Waals surface area contributed by atoms with Crippen LogP contribution in [0.5, 0.6) is 0 Å². The molecular weight excluding hydrogens is 207 g/mol. The van der Waals surface area contributed by atoms with Crippen molar-refractivity contribution in [1.29, 1.82) is 0 Å². The molecule has 0 heterocycles. The summed E-state index contributed by atoms with van der Waals surface area (Å²) in [5, 5.41) is 0.980. The lowest BCUT2D eigenvalue weighted by Crippen LogP contribution is -2.12. The summed E-state index contributed by atoms with van der Waals surface area (Å²) in [6, 6.07) is 0. The Bertz CT molecular complexity index is 227.